The summed E-state index contributed by atoms with van der Waals surface area (Å²) in [4.78, 5) is 0. The molecule has 1 rings (SSSR count). The fourth-order valence-electron chi connectivity index (χ4n) is 3.22. The summed E-state index contributed by atoms with van der Waals surface area (Å²) in [6.45, 7) is 19.6. The minimum Gasteiger partial charge on any atom is -1.00 e. The molecule has 1 nitrogen and oxygen atoms in total. The van der Waals surface area contributed by atoms with Crippen molar-refractivity contribution in [2.75, 3.05) is 6.54 Å². The van der Waals surface area contributed by atoms with E-state index >= 15 is 0 Å². The number of allylic oxidation sites excluding steroid dienone is 3. The van der Waals surface area contributed by atoms with Gasteiger partial charge < -0.3 is 24.8 Å². The van der Waals surface area contributed by atoms with Gasteiger partial charge in [-0.05, 0) is 0 Å². The minimum atomic E-state index is 0. The van der Waals surface area contributed by atoms with Crippen LogP contribution in [0.1, 0.15) is 74.7 Å². The molecule has 0 aromatic rings. The van der Waals surface area contributed by atoms with Crippen LogP contribution < -0.4 is 30.5 Å². The zero-order chi connectivity index (χ0) is 16.6. The monoisotopic (exact) mass is 394 g/mol. The first-order chi connectivity index (χ1) is 9.44. The fourth-order valence-corrected chi connectivity index (χ4v) is 4.22. The Kier molecular flexibility index (Phi) is 10.1. The maximum atomic E-state index is 6.13. The van der Waals surface area contributed by atoms with Crippen LogP contribution in [0.15, 0.2) is 20.6 Å². The standard InChI is InChI=1S/C19H34N.2ClH.Ti/c1-9-17(3,4)14-11-12-15(19(7,8)13-20)16(14)18(5,6)10-2;;;/h9-11,13,20H2,1-8H3;2*1H;/q;;;+2/p-2. The van der Waals surface area contributed by atoms with Crippen molar-refractivity contribution < 1.29 is 45.2 Å². The Balaban J connectivity index is 0. The number of rotatable bonds is 6. The normalized spacial score (nSPS) is 16.5. The Morgan fingerprint density at radius 3 is 1.61 bits per heavy atom. The van der Waals surface area contributed by atoms with E-state index in [1.165, 1.54) is 12.8 Å². The van der Waals surface area contributed by atoms with E-state index in [2.05, 4.69) is 75.8 Å². The summed E-state index contributed by atoms with van der Waals surface area (Å²) in [5.74, 6) is 0. The molecule has 0 saturated heterocycles. The average Bonchev–Trinajstić information content (AvgIpc) is 2.78. The largest absolute Gasteiger partial charge is 1.00 e. The Labute approximate surface area is 168 Å². The van der Waals surface area contributed by atoms with Gasteiger partial charge in [-0.1, -0.05) is 0 Å². The third-order valence-corrected chi connectivity index (χ3v) is 6.32. The molecule has 1 aliphatic rings. The summed E-state index contributed by atoms with van der Waals surface area (Å²) in [7, 11) is 0. The van der Waals surface area contributed by atoms with Gasteiger partial charge in [-0.3, -0.25) is 0 Å². The molecule has 0 unspecified atom stereocenters. The predicted molar refractivity (Wildman–Crippen MR) is 89.6 cm³/mol. The molecule has 133 valence electrons. The van der Waals surface area contributed by atoms with E-state index in [9.17, 15) is 0 Å². The Morgan fingerprint density at radius 2 is 1.26 bits per heavy atom. The molecule has 0 aromatic carbocycles. The maximum absolute atomic E-state index is 6.13. The molecule has 0 aromatic heterocycles. The van der Waals surface area contributed by atoms with Gasteiger partial charge in [0.2, 0.25) is 0 Å². The van der Waals surface area contributed by atoms with Gasteiger partial charge in [0.05, 0.1) is 0 Å². The molecule has 1 aliphatic carbocycles. The number of hydrogen-bond acceptors (Lipinski definition) is 1. The SMILES string of the molecule is CCC(C)(C)C1=C(C(C)(C)CC)C(C(C)(C)CN)=[C]([Ti+2])C1.[Cl-].[Cl-]. The summed E-state index contributed by atoms with van der Waals surface area (Å²) >= 11 is 2.32. The summed E-state index contributed by atoms with van der Waals surface area (Å²) in [5.41, 5.74) is 11.5. The molecule has 0 heterocycles. The van der Waals surface area contributed by atoms with Crippen molar-refractivity contribution in [3.05, 3.63) is 20.6 Å². The van der Waals surface area contributed by atoms with E-state index < -0.39 is 0 Å². The van der Waals surface area contributed by atoms with Gasteiger partial charge >= 0.3 is 144 Å². The smallest absolute Gasteiger partial charge is 1.00 e. The first kappa shape index (κ1) is 26.0. The number of halogens is 2. The van der Waals surface area contributed by atoms with Crippen molar-refractivity contribution in [1.29, 1.82) is 0 Å². The van der Waals surface area contributed by atoms with E-state index in [-0.39, 0.29) is 41.1 Å². The number of nitrogens with two attached hydrogens (primary N) is 1. The van der Waals surface area contributed by atoms with Crippen LogP contribution in [-0.4, -0.2) is 6.54 Å². The van der Waals surface area contributed by atoms with E-state index in [4.69, 9.17) is 5.73 Å². The second-order valence-corrected chi connectivity index (χ2v) is 9.39. The zero-order valence-electron chi connectivity index (χ0n) is 16.2. The van der Waals surface area contributed by atoms with Crippen LogP contribution >= 0.6 is 0 Å². The second-order valence-electron chi connectivity index (χ2n) is 8.45. The van der Waals surface area contributed by atoms with Crippen molar-refractivity contribution in [1.82, 2.24) is 0 Å². The van der Waals surface area contributed by atoms with E-state index in [1.54, 1.807) is 20.6 Å². The van der Waals surface area contributed by atoms with E-state index in [0.29, 0.717) is 6.54 Å². The average molecular weight is 395 g/mol. The van der Waals surface area contributed by atoms with Crippen LogP contribution in [-0.2, 0) is 20.4 Å². The molecule has 0 spiro atoms. The van der Waals surface area contributed by atoms with Crippen LogP contribution in [0.4, 0.5) is 0 Å². The first-order valence-electron chi connectivity index (χ1n) is 8.34. The van der Waals surface area contributed by atoms with Gasteiger partial charge in [-0.15, -0.1) is 0 Å². The van der Waals surface area contributed by atoms with Gasteiger partial charge in [-0.25, -0.2) is 0 Å². The van der Waals surface area contributed by atoms with Gasteiger partial charge in [0.1, 0.15) is 0 Å². The fraction of sp³-hybridized carbons (Fsp3) is 0.789. The van der Waals surface area contributed by atoms with Gasteiger partial charge in [0.25, 0.3) is 0 Å². The zero-order valence-corrected chi connectivity index (χ0v) is 19.2. The molecule has 4 heteroatoms. The third kappa shape index (κ3) is 5.11. The summed E-state index contributed by atoms with van der Waals surface area (Å²) in [5, 5.41) is 0. The van der Waals surface area contributed by atoms with Crippen LogP contribution in [0.25, 0.3) is 0 Å². The predicted octanol–water partition coefficient (Wildman–Crippen LogP) is -0.647. The minimum absolute atomic E-state index is 0. The summed E-state index contributed by atoms with van der Waals surface area (Å²) < 4.78 is 1.54. The molecule has 0 atom stereocenters. The van der Waals surface area contributed by atoms with Gasteiger partial charge in [-0.2, -0.15) is 0 Å². The third-order valence-electron chi connectivity index (χ3n) is 5.66. The van der Waals surface area contributed by atoms with Crippen molar-refractivity contribution in [2.45, 2.75) is 74.7 Å². The van der Waals surface area contributed by atoms with Crippen LogP contribution in [0, 0.1) is 16.2 Å². The van der Waals surface area contributed by atoms with Gasteiger partial charge in [0.15, 0.2) is 0 Å². The quantitative estimate of drug-likeness (QED) is 0.595. The van der Waals surface area contributed by atoms with Crippen LogP contribution in [0.5, 0.6) is 0 Å². The van der Waals surface area contributed by atoms with Crippen molar-refractivity contribution in [3.63, 3.8) is 0 Å². The van der Waals surface area contributed by atoms with E-state index in [1.807, 2.05) is 0 Å². The molecule has 0 aliphatic heterocycles. The van der Waals surface area contributed by atoms with Crippen LogP contribution in [0.3, 0.4) is 0 Å². The maximum Gasteiger partial charge on any atom is -1.00 e. The molecular formula is C19H34Cl2NTi. The molecule has 0 radical (unpaired) electrons. The van der Waals surface area contributed by atoms with Crippen molar-refractivity contribution in [3.8, 4) is 0 Å². The summed E-state index contributed by atoms with van der Waals surface area (Å²) in [6.07, 6.45) is 3.50. The van der Waals surface area contributed by atoms with Crippen molar-refractivity contribution >= 4 is 0 Å². The molecule has 0 bridgehead atoms. The molecule has 0 amide bonds. The molecule has 2 N–H and O–H groups in total. The van der Waals surface area contributed by atoms with Gasteiger partial charge in [0, 0.05) is 0 Å². The topological polar surface area (TPSA) is 26.0 Å². The second kappa shape index (κ2) is 8.90. The Morgan fingerprint density at radius 1 is 0.826 bits per heavy atom. The molecular weight excluding hydrogens is 361 g/mol. The van der Waals surface area contributed by atoms with Crippen molar-refractivity contribution in [2.24, 2.45) is 22.0 Å². The van der Waals surface area contributed by atoms with E-state index in [0.717, 1.165) is 6.42 Å². The Hall–Kier alpha value is 0.734. The molecule has 0 fully saturated rings. The Bertz CT molecular complexity index is 474. The molecule has 0 saturated carbocycles. The molecule has 23 heavy (non-hydrogen) atoms. The number of hydrogen-bond donors (Lipinski definition) is 1. The summed E-state index contributed by atoms with van der Waals surface area (Å²) in [6, 6.07) is 0. The first-order valence-corrected chi connectivity index (χ1v) is 9.12. The van der Waals surface area contributed by atoms with Crippen LogP contribution in [0.2, 0.25) is 0 Å².